The minimum absolute atomic E-state index is 0.315. The summed E-state index contributed by atoms with van der Waals surface area (Å²) in [6.07, 6.45) is 4.85. The lowest BCUT2D eigenvalue weighted by Gasteiger charge is -2.15. The molecule has 0 saturated carbocycles. The largest absolute Gasteiger partial charge is 0.344 e. The first-order chi connectivity index (χ1) is 12.1. The summed E-state index contributed by atoms with van der Waals surface area (Å²) in [7, 11) is 0. The lowest BCUT2D eigenvalue weighted by Crippen LogP contribution is -2.28. The molecule has 1 unspecified atom stereocenters. The van der Waals surface area contributed by atoms with Crippen molar-refractivity contribution in [2.75, 3.05) is 0 Å². The molecule has 2 heterocycles. The molecular formula is C17H12ClN5OS. The highest BCUT2D eigenvalue weighted by Gasteiger charge is 2.19. The van der Waals surface area contributed by atoms with E-state index in [0.717, 1.165) is 5.01 Å². The van der Waals surface area contributed by atoms with E-state index in [1.807, 2.05) is 18.4 Å². The maximum atomic E-state index is 12.5. The fourth-order valence-electron chi connectivity index (χ4n) is 2.30. The summed E-state index contributed by atoms with van der Waals surface area (Å²) in [5, 5.41) is 14.8. The van der Waals surface area contributed by atoms with Crippen LogP contribution in [-0.2, 0) is 0 Å². The van der Waals surface area contributed by atoms with Gasteiger partial charge in [-0.25, -0.2) is 4.98 Å². The summed E-state index contributed by atoms with van der Waals surface area (Å²) in [6, 6.07) is 6.10. The van der Waals surface area contributed by atoms with Gasteiger partial charge in [-0.3, -0.25) is 14.8 Å². The molecule has 0 bridgehead atoms. The number of halogens is 1. The third-order valence-corrected chi connectivity index (χ3v) is 4.41. The fraction of sp³-hybridized carbons (Fsp3) is 0.118. The Kier molecular flexibility index (Phi) is 5.03. The molecule has 0 saturated heterocycles. The maximum absolute atomic E-state index is 12.5. The summed E-state index contributed by atoms with van der Waals surface area (Å²) in [6.45, 7) is 1.81. The standard InChI is InChI=1S/C17H12ClN5OS/c1-10(14-15(21-3-2-20-14)17-22-4-5-25-17)23-16(24)12-6-11(9-19)7-13(18)8-12/h2-8,10H,1H3,(H,23,24). The second-order valence-electron chi connectivity index (χ2n) is 5.16. The molecule has 25 heavy (non-hydrogen) atoms. The van der Waals surface area contributed by atoms with Gasteiger partial charge >= 0.3 is 0 Å². The van der Waals surface area contributed by atoms with Crippen LogP contribution in [0.15, 0.2) is 42.2 Å². The Bertz CT molecular complexity index is 952. The summed E-state index contributed by atoms with van der Waals surface area (Å²) < 4.78 is 0. The number of hydrogen-bond acceptors (Lipinski definition) is 6. The van der Waals surface area contributed by atoms with Gasteiger partial charge in [0.05, 0.1) is 23.4 Å². The normalized spacial score (nSPS) is 11.6. The number of carbonyl (C=O) groups excluding carboxylic acids is 1. The minimum atomic E-state index is -0.399. The fourth-order valence-corrected chi connectivity index (χ4v) is 3.18. The van der Waals surface area contributed by atoms with Crippen molar-refractivity contribution in [1.29, 1.82) is 5.26 Å². The molecule has 0 radical (unpaired) electrons. The number of aromatic nitrogens is 3. The Morgan fingerprint density at radius 2 is 2.04 bits per heavy atom. The van der Waals surface area contributed by atoms with Crippen molar-refractivity contribution in [3.8, 4) is 16.8 Å². The number of amides is 1. The molecular weight excluding hydrogens is 358 g/mol. The zero-order valence-corrected chi connectivity index (χ0v) is 14.7. The third-order valence-electron chi connectivity index (χ3n) is 3.41. The van der Waals surface area contributed by atoms with Crippen molar-refractivity contribution < 1.29 is 4.79 Å². The number of nitriles is 1. The van der Waals surface area contributed by atoms with E-state index in [1.165, 1.54) is 29.5 Å². The molecule has 2 aromatic heterocycles. The lowest BCUT2D eigenvalue weighted by atomic mass is 10.1. The van der Waals surface area contributed by atoms with Gasteiger partial charge in [0.25, 0.3) is 5.91 Å². The van der Waals surface area contributed by atoms with E-state index in [9.17, 15) is 4.79 Å². The van der Waals surface area contributed by atoms with Gasteiger partial charge in [0, 0.05) is 34.6 Å². The van der Waals surface area contributed by atoms with Gasteiger partial charge in [-0.2, -0.15) is 5.26 Å². The van der Waals surface area contributed by atoms with Crippen molar-refractivity contribution in [2.45, 2.75) is 13.0 Å². The molecule has 0 aliphatic heterocycles. The molecule has 0 fully saturated rings. The first kappa shape index (κ1) is 17.0. The van der Waals surface area contributed by atoms with Crippen LogP contribution < -0.4 is 5.32 Å². The molecule has 1 N–H and O–H groups in total. The first-order valence-corrected chi connectivity index (χ1v) is 8.56. The van der Waals surface area contributed by atoms with Crippen molar-refractivity contribution in [1.82, 2.24) is 20.3 Å². The zero-order chi connectivity index (χ0) is 17.8. The highest BCUT2D eigenvalue weighted by Crippen LogP contribution is 2.26. The SMILES string of the molecule is CC(NC(=O)c1cc(Cl)cc(C#N)c1)c1nccnc1-c1nccs1. The predicted octanol–water partition coefficient (Wildman–Crippen LogP) is 3.62. The van der Waals surface area contributed by atoms with E-state index in [2.05, 4.69) is 20.3 Å². The predicted molar refractivity (Wildman–Crippen MR) is 95.2 cm³/mol. The number of benzene rings is 1. The second kappa shape index (κ2) is 7.38. The molecule has 3 rings (SSSR count). The van der Waals surface area contributed by atoms with Crippen molar-refractivity contribution in [2.24, 2.45) is 0 Å². The highest BCUT2D eigenvalue weighted by molar-refractivity contribution is 7.13. The highest BCUT2D eigenvalue weighted by atomic mass is 35.5. The van der Waals surface area contributed by atoms with Crippen LogP contribution >= 0.6 is 22.9 Å². The van der Waals surface area contributed by atoms with Crippen molar-refractivity contribution >= 4 is 28.8 Å². The van der Waals surface area contributed by atoms with E-state index < -0.39 is 6.04 Å². The van der Waals surface area contributed by atoms with Crippen LogP contribution in [-0.4, -0.2) is 20.9 Å². The molecule has 1 aromatic carbocycles. The number of carbonyl (C=O) groups is 1. The summed E-state index contributed by atoms with van der Waals surface area (Å²) >= 11 is 7.41. The Morgan fingerprint density at radius 3 is 2.76 bits per heavy atom. The number of thiazole rings is 1. The van der Waals surface area contributed by atoms with Crippen LogP contribution in [0.2, 0.25) is 5.02 Å². The third kappa shape index (κ3) is 3.82. The molecule has 0 spiro atoms. The van der Waals surface area contributed by atoms with Gasteiger partial charge < -0.3 is 5.32 Å². The van der Waals surface area contributed by atoms with E-state index >= 15 is 0 Å². The molecule has 124 valence electrons. The number of nitrogens with zero attached hydrogens (tertiary/aromatic N) is 4. The van der Waals surface area contributed by atoms with Gasteiger partial charge in [-0.05, 0) is 25.1 Å². The van der Waals surface area contributed by atoms with Crippen LogP contribution in [0.3, 0.4) is 0 Å². The van der Waals surface area contributed by atoms with E-state index in [4.69, 9.17) is 16.9 Å². The summed E-state index contributed by atoms with van der Waals surface area (Å²) in [5.74, 6) is -0.345. The second-order valence-corrected chi connectivity index (χ2v) is 6.49. The van der Waals surface area contributed by atoms with Gasteiger partial charge in [0.15, 0.2) is 0 Å². The Morgan fingerprint density at radius 1 is 1.24 bits per heavy atom. The van der Waals surface area contributed by atoms with Crippen LogP contribution in [0.1, 0.15) is 34.6 Å². The zero-order valence-electron chi connectivity index (χ0n) is 13.1. The molecule has 0 aliphatic carbocycles. The minimum Gasteiger partial charge on any atom is -0.344 e. The first-order valence-electron chi connectivity index (χ1n) is 7.31. The molecule has 6 nitrogen and oxygen atoms in total. The van der Waals surface area contributed by atoms with Crippen LogP contribution in [0.4, 0.5) is 0 Å². The number of hydrogen-bond donors (Lipinski definition) is 1. The van der Waals surface area contributed by atoms with E-state index in [-0.39, 0.29) is 5.91 Å². The van der Waals surface area contributed by atoms with Crippen molar-refractivity contribution in [3.05, 3.63) is 64.0 Å². The summed E-state index contributed by atoms with van der Waals surface area (Å²) in [5.41, 5.74) is 1.89. The van der Waals surface area contributed by atoms with E-state index in [1.54, 1.807) is 18.6 Å². The van der Waals surface area contributed by atoms with Gasteiger partial charge in [-0.1, -0.05) is 11.6 Å². The smallest absolute Gasteiger partial charge is 0.251 e. The molecule has 1 atom stereocenters. The van der Waals surface area contributed by atoms with E-state index in [0.29, 0.717) is 27.5 Å². The monoisotopic (exact) mass is 369 g/mol. The average Bonchev–Trinajstić information content (AvgIpc) is 3.15. The Hall–Kier alpha value is -2.82. The number of rotatable bonds is 4. The molecule has 1 amide bonds. The average molecular weight is 370 g/mol. The van der Waals surface area contributed by atoms with Gasteiger partial charge in [0.1, 0.15) is 10.7 Å². The summed E-state index contributed by atoms with van der Waals surface area (Å²) in [4.78, 5) is 25.4. The van der Waals surface area contributed by atoms with Gasteiger partial charge in [0.2, 0.25) is 0 Å². The maximum Gasteiger partial charge on any atom is 0.251 e. The Balaban J connectivity index is 1.86. The topological polar surface area (TPSA) is 91.6 Å². The number of nitrogens with one attached hydrogen (secondary N) is 1. The quantitative estimate of drug-likeness (QED) is 0.758. The Labute approximate surface area is 153 Å². The van der Waals surface area contributed by atoms with Crippen LogP contribution in [0.5, 0.6) is 0 Å². The van der Waals surface area contributed by atoms with Crippen LogP contribution in [0, 0.1) is 11.3 Å². The lowest BCUT2D eigenvalue weighted by molar-refractivity contribution is 0.0939. The van der Waals surface area contributed by atoms with Crippen LogP contribution in [0.25, 0.3) is 10.7 Å². The van der Waals surface area contributed by atoms with Gasteiger partial charge in [-0.15, -0.1) is 11.3 Å². The molecule has 8 heteroatoms. The molecule has 0 aliphatic rings. The van der Waals surface area contributed by atoms with Crippen molar-refractivity contribution in [3.63, 3.8) is 0 Å². The molecule has 3 aromatic rings.